The van der Waals surface area contributed by atoms with Gasteiger partial charge in [0.25, 0.3) is 0 Å². The van der Waals surface area contributed by atoms with Gasteiger partial charge in [-0.15, -0.1) is 5.10 Å². The molecule has 0 bridgehead atoms. The summed E-state index contributed by atoms with van der Waals surface area (Å²) in [6, 6.07) is 13.5. The van der Waals surface area contributed by atoms with Crippen LogP contribution in [0.15, 0.2) is 47.4 Å². The third-order valence-electron chi connectivity index (χ3n) is 6.50. The third-order valence-corrected chi connectivity index (χ3v) is 8.39. The Balaban J connectivity index is 1.29. The molecule has 1 fully saturated rings. The van der Waals surface area contributed by atoms with Crippen molar-refractivity contribution < 1.29 is 8.42 Å². The molecule has 0 radical (unpaired) electrons. The molecule has 6 rings (SSSR count). The molecule has 3 heterocycles. The van der Waals surface area contributed by atoms with E-state index in [0.717, 1.165) is 35.8 Å². The van der Waals surface area contributed by atoms with Gasteiger partial charge < -0.3 is 4.90 Å². The summed E-state index contributed by atoms with van der Waals surface area (Å²) in [4.78, 5) is 11.9. The summed E-state index contributed by atoms with van der Waals surface area (Å²) in [5.41, 5.74) is 4.09. The van der Waals surface area contributed by atoms with E-state index < -0.39 is 10.0 Å². The Morgan fingerprint density at radius 2 is 1.69 bits per heavy atom. The average Bonchev–Trinajstić information content (AvgIpc) is 3.44. The van der Waals surface area contributed by atoms with Gasteiger partial charge in [0.15, 0.2) is 5.65 Å². The number of fused-ring (bicyclic) bond motifs is 4. The molecule has 164 valence electrons. The molecule has 2 aromatic carbocycles. The Labute approximate surface area is 186 Å². The molecule has 0 N–H and O–H groups in total. The molecule has 9 heteroatoms. The topological polar surface area (TPSA) is 83.7 Å². The zero-order valence-electron chi connectivity index (χ0n) is 17.9. The zero-order chi connectivity index (χ0) is 21.9. The number of hydrogen-bond acceptors (Lipinski definition) is 6. The van der Waals surface area contributed by atoms with Gasteiger partial charge in [-0.1, -0.05) is 18.2 Å². The average molecular weight is 449 g/mol. The molecular weight excluding hydrogens is 424 g/mol. The highest BCUT2D eigenvalue weighted by Gasteiger charge is 2.31. The summed E-state index contributed by atoms with van der Waals surface area (Å²) in [5, 5.41) is 5.51. The summed E-state index contributed by atoms with van der Waals surface area (Å²) in [6.07, 6.45) is 3.11. The van der Waals surface area contributed by atoms with Gasteiger partial charge in [0.1, 0.15) is 5.82 Å². The van der Waals surface area contributed by atoms with Crippen LogP contribution in [0.1, 0.15) is 23.4 Å². The Morgan fingerprint density at radius 3 is 2.53 bits per heavy atom. The second kappa shape index (κ2) is 7.25. The highest BCUT2D eigenvalue weighted by molar-refractivity contribution is 7.89. The first-order chi connectivity index (χ1) is 15.5. The van der Waals surface area contributed by atoms with E-state index in [-0.39, 0.29) is 0 Å². The number of aryl methyl sites for hydroxylation is 3. The number of nitrogens with zero attached hydrogens (tertiary/aromatic N) is 6. The fourth-order valence-electron chi connectivity index (χ4n) is 4.83. The van der Waals surface area contributed by atoms with Crippen molar-refractivity contribution in [1.29, 1.82) is 0 Å². The maximum absolute atomic E-state index is 13.3. The number of para-hydroxylation sites is 1. The van der Waals surface area contributed by atoms with Crippen molar-refractivity contribution >= 4 is 32.5 Å². The van der Waals surface area contributed by atoms with Gasteiger partial charge in [0.2, 0.25) is 16.0 Å². The maximum Gasteiger partial charge on any atom is 0.243 e. The highest BCUT2D eigenvalue weighted by atomic mass is 32.2. The van der Waals surface area contributed by atoms with Crippen molar-refractivity contribution in [2.24, 2.45) is 0 Å². The molecule has 1 aliphatic heterocycles. The van der Waals surface area contributed by atoms with Gasteiger partial charge in [-0.2, -0.15) is 8.82 Å². The number of aromatic nitrogens is 4. The van der Waals surface area contributed by atoms with E-state index in [1.165, 1.54) is 11.1 Å². The number of sulfonamides is 1. The first kappa shape index (κ1) is 19.6. The Morgan fingerprint density at radius 1 is 0.906 bits per heavy atom. The van der Waals surface area contributed by atoms with E-state index in [1.54, 1.807) is 14.9 Å². The summed E-state index contributed by atoms with van der Waals surface area (Å²) >= 11 is 0. The minimum absolute atomic E-state index is 0.406. The van der Waals surface area contributed by atoms with E-state index in [0.29, 0.717) is 42.8 Å². The van der Waals surface area contributed by atoms with Crippen LogP contribution < -0.4 is 4.90 Å². The van der Waals surface area contributed by atoms with E-state index in [2.05, 4.69) is 15.0 Å². The zero-order valence-corrected chi connectivity index (χ0v) is 18.7. The molecular formula is C23H24N6O2S. The molecule has 32 heavy (non-hydrogen) atoms. The van der Waals surface area contributed by atoms with Crippen molar-refractivity contribution in [1.82, 2.24) is 23.9 Å². The summed E-state index contributed by atoms with van der Waals surface area (Å²) in [6.45, 7) is 3.77. The first-order valence-corrected chi connectivity index (χ1v) is 12.4. The lowest BCUT2D eigenvalue weighted by Gasteiger charge is -2.34. The number of piperazine rings is 1. The normalized spacial score (nSPS) is 17.3. The monoisotopic (exact) mass is 448 g/mol. The van der Waals surface area contributed by atoms with Gasteiger partial charge in [-0.05, 0) is 61.6 Å². The molecule has 0 atom stereocenters. The van der Waals surface area contributed by atoms with E-state index in [4.69, 9.17) is 4.98 Å². The molecule has 0 amide bonds. The van der Waals surface area contributed by atoms with Crippen molar-refractivity contribution in [3.8, 4) is 0 Å². The van der Waals surface area contributed by atoms with Crippen LogP contribution >= 0.6 is 0 Å². The van der Waals surface area contributed by atoms with E-state index >= 15 is 0 Å². The van der Waals surface area contributed by atoms with Crippen LogP contribution in [0.5, 0.6) is 0 Å². The van der Waals surface area contributed by atoms with Gasteiger partial charge in [-0.25, -0.2) is 18.4 Å². The summed E-state index contributed by atoms with van der Waals surface area (Å²) < 4.78 is 29.9. The molecule has 0 unspecified atom stereocenters. The predicted molar refractivity (Wildman–Crippen MR) is 122 cm³/mol. The van der Waals surface area contributed by atoms with Crippen LogP contribution in [-0.2, 0) is 22.9 Å². The van der Waals surface area contributed by atoms with Crippen LogP contribution in [0.2, 0.25) is 0 Å². The molecule has 1 saturated heterocycles. The van der Waals surface area contributed by atoms with Crippen molar-refractivity contribution in [2.75, 3.05) is 31.1 Å². The maximum atomic E-state index is 13.3. The Bertz CT molecular complexity index is 1450. The van der Waals surface area contributed by atoms with E-state index in [1.807, 2.05) is 43.3 Å². The lowest BCUT2D eigenvalue weighted by atomic mass is 10.1. The molecule has 2 aliphatic rings. The number of rotatable bonds is 3. The second-order valence-corrected chi connectivity index (χ2v) is 10.4. The quantitative estimate of drug-likeness (QED) is 0.479. The number of hydrogen-bond donors (Lipinski definition) is 0. The number of benzene rings is 2. The predicted octanol–water partition coefficient (Wildman–Crippen LogP) is 2.59. The van der Waals surface area contributed by atoms with Crippen LogP contribution in [0.3, 0.4) is 0 Å². The lowest BCUT2D eigenvalue weighted by molar-refractivity contribution is 0.381. The van der Waals surface area contributed by atoms with Crippen molar-refractivity contribution in [2.45, 2.75) is 31.1 Å². The fraction of sp³-hybridized carbons (Fsp3) is 0.348. The molecule has 8 nitrogen and oxygen atoms in total. The van der Waals surface area contributed by atoms with Gasteiger partial charge in [-0.3, -0.25) is 0 Å². The van der Waals surface area contributed by atoms with Crippen LogP contribution in [0, 0.1) is 6.92 Å². The van der Waals surface area contributed by atoms with Crippen molar-refractivity contribution in [3.05, 3.63) is 59.4 Å². The van der Waals surface area contributed by atoms with Crippen molar-refractivity contribution in [3.63, 3.8) is 0 Å². The third kappa shape index (κ3) is 3.07. The first-order valence-electron chi connectivity index (χ1n) is 11.0. The molecule has 0 saturated carbocycles. The van der Waals surface area contributed by atoms with Crippen LogP contribution in [0.25, 0.3) is 16.6 Å². The molecule has 4 aromatic rings. The Hall–Kier alpha value is -3.04. The van der Waals surface area contributed by atoms with Crippen LogP contribution in [0.4, 0.5) is 5.95 Å². The highest BCUT2D eigenvalue weighted by Crippen LogP contribution is 2.28. The molecule has 0 spiro atoms. The van der Waals surface area contributed by atoms with Gasteiger partial charge in [0, 0.05) is 31.6 Å². The second-order valence-electron chi connectivity index (χ2n) is 8.50. The van der Waals surface area contributed by atoms with Gasteiger partial charge >= 0.3 is 0 Å². The standard InChI is InChI=1S/C23H24N6O2S/c1-16-24-22-20-7-2-3-8-21(20)25-23(29(22)26-16)27-11-13-28(14-12-27)32(30,31)19-10-9-17-5-4-6-18(17)15-19/h2-3,7-10,15H,4-6,11-14H2,1H3. The molecule has 1 aliphatic carbocycles. The minimum Gasteiger partial charge on any atom is -0.338 e. The Kier molecular flexibility index (Phi) is 4.44. The molecule has 2 aromatic heterocycles. The van der Waals surface area contributed by atoms with Gasteiger partial charge in [0.05, 0.1) is 10.4 Å². The van der Waals surface area contributed by atoms with Crippen LogP contribution in [-0.4, -0.2) is 58.5 Å². The lowest BCUT2D eigenvalue weighted by Crippen LogP contribution is -2.49. The minimum atomic E-state index is -3.51. The summed E-state index contributed by atoms with van der Waals surface area (Å²) in [7, 11) is -3.51. The smallest absolute Gasteiger partial charge is 0.243 e. The fourth-order valence-corrected chi connectivity index (χ4v) is 6.31. The SMILES string of the molecule is Cc1nc2c3ccccc3nc(N3CCN(S(=O)(=O)c4ccc5c(c4)CCC5)CC3)n2n1. The van der Waals surface area contributed by atoms with E-state index in [9.17, 15) is 8.42 Å². The summed E-state index contributed by atoms with van der Waals surface area (Å²) in [5.74, 6) is 1.39. The number of anilines is 1. The largest absolute Gasteiger partial charge is 0.338 e.